The van der Waals surface area contributed by atoms with E-state index in [0.29, 0.717) is 0 Å². The van der Waals surface area contributed by atoms with Gasteiger partial charge in [0.15, 0.2) is 0 Å². The van der Waals surface area contributed by atoms with Crippen LogP contribution in [0.5, 0.6) is 0 Å². The molecule has 0 saturated carbocycles. The Morgan fingerprint density at radius 1 is 1.40 bits per heavy atom. The molecule has 7 heteroatoms. The number of hydrogen-bond acceptors (Lipinski definition) is 6. The van der Waals surface area contributed by atoms with Gasteiger partial charge in [-0.05, 0) is 19.4 Å². The SMILES string of the molecule is CN1CC2C=NCC(C2)C1.[O-][Cl+3]([O-])([O-])O. The summed E-state index contributed by atoms with van der Waals surface area (Å²) in [6.45, 7) is 3.55. The maximum atomic E-state index is 8.60. The maximum Gasteiger partial charge on any atom is 0.0777 e. The highest BCUT2D eigenvalue weighted by molar-refractivity contribution is 5.62. The van der Waals surface area contributed by atoms with Gasteiger partial charge in [-0.15, -0.1) is 0 Å². The predicted octanol–water partition coefficient (Wildman–Crippen LogP) is -3.49. The summed E-state index contributed by atoms with van der Waals surface area (Å²) in [6, 6.07) is 0. The van der Waals surface area contributed by atoms with Crippen molar-refractivity contribution >= 4 is 6.21 Å². The summed E-state index contributed by atoms with van der Waals surface area (Å²) in [5, 5.41) is 0. The van der Waals surface area contributed by atoms with Crippen LogP contribution in [-0.4, -0.2) is 42.5 Å². The van der Waals surface area contributed by atoms with E-state index in [0.717, 1.165) is 18.4 Å². The highest BCUT2D eigenvalue weighted by Gasteiger charge is 2.26. The lowest BCUT2D eigenvalue weighted by atomic mass is 9.88. The fourth-order valence-electron chi connectivity index (χ4n) is 2.09. The molecule has 15 heavy (non-hydrogen) atoms. The van der Waals surface area contributed by atoms with E-state index in [1.807, 2.05) is 0 Å². The topological polar surface area (TPSA) is 105 Å². The molecule has 0 aromatic carbocycles. The van der Waals surface area contributed by atoms with Crippen LogP contribution in [0.3, 0.4) is 0 Å². The average Bonchev–Trinajstić information content (AvgIpc) is 1.99. The van der Waals surface area contributed by atoms with Gasteiger partial charge in [0.1, 0.15) is 0 Å². The quantitative estimate of drug-likeness (QED) is 0.472. The Morgan fingerprint density at radius 2 is 2.00 bits per heavy atom. The molecule has 6 nitrogen and oxygen atoms in total. The van der Waals surface area contributed by atoms with Crippen LogP contribution in [0.2, 0.25) is 0 Å². The molecule has 0 aromatic heterocycles. The Balaban J connectivity index is 0.000000195. The number of piperidine rings is 1. The van der Waals surface area contributed by atoms with Crippen molar-refractivity contribution in [2.75, 3.05) is 26.7 Å². The molecule has 1 saturated heterocycles. The first kappa shape index (κ1) is 12.8. The van der Waals surface area contributed by atoms with E-state index in [2.05, 4.69) is 23.2 Å². The van der Waals surface area contributed by atoms with Gasteiger partial charge in [-0.25, -0.2) is 0 Å². The second-order valence-corrected chi connectivity index (χ2v) is 4.79. The standard InChI is InChI=1S/C8H14N2.ClHO4/c1-10-5-7-2-8(6-10)4-9-3-7;2-1(3,4)5/h3,7-8H,2,4-6H2,1H3;(H,2,3,4,5). The number of nitrogens with zero attached hydrogens (tertiary/aromatic N) is 2. The first-order valence-corrected chi connectivity index (χ1v) is 5.92. The molecule has 2 heterocycles. The largest absolute Gasteiger partial charge is 0.305 e. The van der Waals surface area contributed by atoms with Gasteiger partial charge in [0.05, 0.1) is 14.9 Å². The minimum atomic E-state index is -4.69. The Kier molecular flexibility index (Phi) is 4.45. The van der Waals surface area contributed by atoms with Crippen LogP contribution < -0.4 is 14.0 Å². The number of likely N-dealkylation sites (tertiary alicyclic amines) is 1. The number of hydrogen-bond donors (Lipinski definition) is 1. The van der Waals surface area contributed by atoms with E-state index in [4.69, 9.17) is 18.6 Å². The van der Waals surface area contributed by atoms with E-state index in [1.165, 1.54) is 19.5 Å². The van der Waals surface area contributed by atoms with Gasteiger partial charge in [-0.2, -0.15) is 14.0 Å². The van der Waals surface area contributed by atoms with Crippen molar-refractivity contribution in [2.45, 2.75) is 6.42 Å². The summed E-state index contributed by atoms with van der Waals surface area (Å²) in [5.41, 5.74) is 0. The number of halogens is 1. The second kappa shape index (κ2) is 5.20. The third-order valence-corrected chi connectivity index (χ3v) is 2.43. The molecule has 0 amide bonds. The predicted molar refractivity (Wildman–Crippen MR) is 44.7 cm³/mol. The molecule has 0 aromatic rings. The van der Waals surface area contributed by atoms with E-state index in [1.54, 1.807) is 0 Å². The molecule has 88 valence electrons. The Bertz CT molecular complexity index is 225. The normalized spacial score (nSPS) is 30.7. The first-order valence-electron chi connectivity index (χ1n) is 4.66. The molecule has 1 fully saturated rings. The van der Waals surface area contributed by atoms with Crippen LogP contribution in [0, 0.1) is 22.1 Å². The average molecular weight is 239 g/mol. The van der Waals surface area contributed by atoms with E-state index in [-0.39, 0.29) is 0 Å². The number of aliphatic imine (C=N–C) groups is 1. The smallest absolute Gasteiger partial charge is 0.0777 e. The van der Waals surface area contributed by atoms with Gasteiger partial charge < -0.3 is 4.90 Å². The van der Waals surface area contributed by atoms with Gasteiger partial charge in [-0.3, -0.25) is 4.99 Å². The van der Waals surface area contributed by atoms with Gasteiger partial charge in [0, 0.05) is 31.8 Å². The second-order valence-electron chi connectivity index (χ2n) is 3.99. The summed E-state index contributed by atoms with van der Waals surface area (Å²) in [4.78, 5) is 6.77. The van der Waals surface area contributed by atoms with Crippen LogP contribution in [0.1, 0.15) is 6.42 Å². The summed E-state index contributed by atoms with van der Waals surface area (Å²) >= 11 is 0. The van der Waals surface area contributed by atoms with Crippen LogP contribution in [0.25, 0.3) is 0 Å². The van der Waals surface area contributed by atoms with Crippen molar-refractivity contribution in [3.05, 3.63) is 0 Å². The van der Waals surface area contributed by atoms with Crippen LogP contribution in [0.15, 0.2) is 4.99 Å². The van der Waals surface area contributed by atoms with Gasteiger partial charge in [0.2, 0.25) is 0 Å². The van der Waals surface area contributed by atoms with Crippen LogP contribution in [0.4, 0.5) is 0 Å². The van der Waals surface area contributed by atoms with Crippen molar-refractivity contribution < 1.29 is 28.9 Å². The van der Waals surface area contributed by atoms with Crippen molar-refractivity contribution in [3.63, 3.8) is 0 Å². The molecule has 2 rings (SSSR count). The molecule has 2 aliphatic heterocycles. The highest BCUT2D eigenvalue weighted by Crippen LogP contribution is 2.22. The molecule has 1 N–H and O–H groups in total. The lowest BCUT2D eigenvalue weighted by Crippen LogP contribution is -2.58. The highest BCUT2D eigenvalue weighted by atomic mass is 35.7. The monoisotopic (exact) mass is 238 g/mol. The van der Waals surface area contributed by atoms with Crippen molar-refractivity contribution in [2.24, 2.45) is 16.8 Å². The summed E-state index contributed by atoms with van der Waals surface area (Å²) in [7, 11) is -2.49. The molecule has 0 radical (unpaired) electrons. The molecular weight excluding hydrogens is 224 g/mol. The molecule has 0 spiro atoms. The molecular formula is C8H15ClN2O4. The van der Waals surface area contributed by atoms with E-state index < -0.39 is 10.2 Å². The summed E-state index contributed by atoms with van der Waals surface area (Å²) < 4.78 is 32.7. The number of rotatable bonds is 0. The van der Waals surface area contributed by atoms with Gasteiger partial charge >= 0.3 is 0 Å². The fraction of sp³-hybridized carbons (Fsp3) is 0.875. The van der Waals surface area contributed by atoms with E-state index in [9.17, 15) is 0 Å². The minimum Gasteiger partial charge on any atom is -0.305 e. The van der Waals surface area contributed by atoms with E-state index >= 15 is 0 Å². The Labute approximate surface area is 90.6 Å². The Morgan fingerprint density at radius 3 is 2.53 bits per heavy atom. The van der Waals surface area contributed by atoms with Crippen molar-refractivity contribution in [1.29, 1.82) is 0 Å². The third kappa shape index (κ3) is 6.03. The molecule has 2 unspecified atom stereocenters. The molecule has 2 bridgehead atoms. The third-order valence-electron chi connectivity index (χ3n) is 2.43. The first-order chi connectivity index (χ1) is 6.84. The Hall–Kier alpha value is -0.240. The van der Waals surface area contributed by atoms with Gasteiger partial charge in [0.25, 0.3) is 0 Å². The maximum absolute atomic E-state index is 8.60. The summed E-state index contributed by atoms with van der Waals surface area (Å²) in [6.07, 6.45) is 3.53. The van der Waals surface area contributed by atoms with Crippen LogP contribution in [-0.2, 0) is 0 Å². The van der Waals surface area contributed by atoms with Crippen molar-refractivity contribution in [1.82, 2.24) is 4.90 Å². The summed E-state index contributed by atoms with van der Waals surface area (Å²) in [5.74, 6) is 1.62. The zero-order chi connectivity index (χ0) is 11.5. The molecule has 2 atom stereocenters. The molecule has 2 aliphatic rings. The lowest BCUT2D eigenvalue weighted by Gasteiger charge is -2.35. The zero-order valence-corrected chi connectivity index (χ0v) is 9.26. The van der Waals surface area contributed by atoms with Crippen molar-refractivity contribution in [3.8, 4) is 0 Å². The number of fused-ring (bicyclic) bond motifs is 2. The fourth-order valence-corrected chi connectivity index (χ4v) is 2.09. The minimum absolute atomic E-state index is 0.762. The zero-order valence-electron chi connectivity index (χ0n) is 8.50. The molecule has 0 aliphatic carbocycles. The lowest BCUT2D eigenvalue weighted by molar-refractivity contribution is -1.92. The van der Waals surface area contributed by atoms with Gasteiger partial charge in [-0.1, -0.05) is 0 Å². The van der Waals surface area contributed by atoms with Crippen LogP contribution >= 0.6 is 0 Å².